The van der Waals surface area contributed by atoms with Crippen molar-refractivity contribution in [1.29, 1.82) is 0 Å². The number of amides is 1. The van der Waals surface area contributed by atoms with Crippen molar-refractivity contribution in [3.8, 4) is 0 Å². The number of rotatable bonds is 5. The molecule has 1 aromatic heterocycles. The van der Waals surface area contributed by atoms with Crippen molar-refractivity contribution in [3.63, 3.8) is 0 Å². The van der Waals surface area contributed by atoms with E-state index in [1.807, 2.05) is 16.8 Å². The Morgan fingerprint density at radius 3 is 2.44 bits per heavy atom. The molecule has 2 aromatic carbocycles. The van der Waals surface area contributed by atoms with E-state index in [9.17, 15) is 14.7 Å². The number of carboxylic acid groups (broad SMARTS) is 1. The molecule has 0 aliphatic heterocycles. The lowest BCUT2D eigenvalue weighted by atomic mass is 9.89. The number of halogens is 2. The second-order valence-corrected chi connectivity index (χ2v) is 10.0. The van der Waals surface area contributed by atoms with Crippen LogP contribution in [0, 0.1) is 9.49 Å². The van der Waals surface area contributed by atoms with E-state index in [0.29, 0.717) is 30.0 Å². The SMILES string of the molecule is O=C(NC1CCCC(C(=O)O)CCC1)c1ccc(Cl)c2cnn(Cc3ccc(I)cc3)c12. The predicted octanol–water partition coefficient (Wildman–Crippen LogP) is 5.50. The van der Waals surface area contributed by atoms with Crippen molar-refractivity contribution in [2.45, 2.75) is 51.1 Å². The number of fused-ring (bicyclic) bond motifs is 1. The molecular weight excluding hydrogens is 541 g/mol. The maximum absolute atomic E-state index is 13.3. The highest BCUT2D eigenvalue weighted by molar-refractivity contribution is 14.1. The van der Waals surface area contributed by atoms with Crippen molar-refractivity contribution >= 4 is 57.0 Å². The molecule has 0 spiro atoms. The Morgan fingerprint density at radius 2 is 1.78 bits per heavy atom. The van der Waals surface area contributed by atoms with E-state index in [4.69, 9.17) is 11.6 Å². The minimum Gasteiger partial charge on any atom is -0.481 e. The molecule has 0 saturated heterocycles. The summed E-state index contributed by atoms with van der Waals surface area (Å²) >= 11 is 8.68. The first kappa shape index (κ1) is 23.0. The van der Waals surface area contributed by atoms with Crippen molar-refractivity contribution in [2.24, 2.45) is 5.92 Å². The lowest BCUT2D eigenvalue weighted by Gasteiger charge is -2.24. The van der Waals surface area contributed by atoms with E-state index < -0.39 is 5.97 Å². The normalized spacial score (nSPS) is 19.3. The maximum Gasteiger partial charge on any atom is 0.306 e. The van der Waals surface area contributed by atoms with Crippen molar-refractivity contribution < 1.29 is 14.7 Å². The highest BCUT2D eigenvalue weighted by atomic mass is 127. The zero-order valence-electron chi connectivity index (χ0n) is 17.6. The molecule has 32 heavy (non-hydrogen) atoms. The van der Waals surface area contributed by atoms with Crippen LogP contribution in [0.5, 0.6) is 0 Å². The summed E-state index contributed by atoms with van der Waals surface area (Å²) in [5.74, 6) is -1.12. The minimum atomic E-state index is -0.711. The molecule has 1 aliphatic carbocycles. The summed E-state index contributed by atoms with van der Waals surface area (Å²) in [6, 6.07) is 11.7. The number of benzene rings is 2. The fourth-order valence-corrected chi connectivity index (χ4v) is 4.96. The number of hydrogen-bond acceptors (Lipinski definition) is 3. The molecule has 1 aliphatic rings. The van der Waals surface area contributed by atoms with Gasteiger partial charge in [0.05, 0.1) is 34.8 Å². The van der Waals surface area contributed by atoms with E-state index in [1.54, 1.807) is 18.3 Å². The molecule has 0 radical (unpaired) electrons. The lowest BCUT2D eigenvalue weighted by molar-refractivity contribution is -0.142. The van der Waals surface area contributed by atoms with Gasteiger partial charge in [0.2, 0.25) is 0 Å². The van der Waals surface area contributed by atoms with Crippen LogP contribution in [-0.4, -0.2) is 32.8 Å². The van der Waals surface area contributed by atoms with E-state index >= 15 is 0 Å². The second kappa shape index (κ2) is 10.2. The Hall–Kier alpha value is -2.13. The Kier molecular flexibility index (Phi) is 7.35. The summed E-state index contributed by atoms with van der Waals surface area (Å²) in [5.41, 5.74) is 2.37. The summed E-state index contributed by atoms with van der Waals surface area (Å²) in [6.07, 6.45) is 6.20. The highest BCUT2D eigenvalue weighted by Gasteiger charge is 2.24. The quantitative estimate of drug-likeness (QED) is 0.401. The standard InChI is InChI=1S/C24H25ClIN3O3/c25-21-12-11-19(23(30)28-18-5-1-3-16(24(31)32)4-2-6-18)22-20(21)13-27-29(22)14-15-7-9-17(26)10-8-15/h7-13,16,18H,1-6,14H2,(H,28,30)(H,31,32). The first-order valence-electron chi connectivity index (χ1n) is 10.8. The molecule has 2 N–H and O–H groups in total. The van der Waals surface area contributed by atoms with Crippen LogP contribution in [0.2, 0.25) is 5.02 Å². The molecule has 1 saturated carbocycles. The molecule has 8 heteroatoms. The van der Waals surface area contributed by atoms with E-state index in [2.05, 4.69) is 45.1 Å². The van der Waals surface area contributed by atoms with Crippen LogP contribution in [-0.2, 0) is 11.3 Å². The predicted molar refractivity (Wildman–Crippen MR) is 133 cm³/mol. The number of nitrogens with zero attached hydrogens (tertiary/aromatic N) is 2. The molecule has 0 bridgehead atoms. The average Bonchev–Trinajstić information content (AvgIpc) is 3.16. The van der Waals surface area contributed by atoms with E-state index in [1.165, 1.54) is 0 Å². The van der Waals surface area contributed by atoms with Crippen molar-refractivity contribution in [3.05, 3.63) is 62.3 Å². The number of carbonyl (C=O) groups excluding carboxylic acids is 1. The lowest BCUT2D eigenvalue weighted by Crippen LogP contribution is -2.36. The molecule has 1 fully saturated rings. The zero-order valence-corrected chi connectivity index (χ0v) is 20.5. The van der Waals surface area contributed by atoms with Crippen LogP contribution < -0.4 is 5.32 Å². The zero-order chi connectivity index (χ0) is 22.7. The van der Waals surface area contributed by atoms with Gasteiger partial charge in [0.25, 0.3) is 5.91 Å². The van der Waals surface area contributed by atoms with Crippen LogP contribution in [0.1, 0.15) is 54.4 Å². The van der Waals surface area contributed by atoms with Crippen LogP contribution in [0.25, 0.3) is 10.9 Å². The maximum atomic E-state index is 13.3. The fraction of sp³-hybridized carbons (Fsp3) is 0.375. The topological polar surface area (TPSA) is 84.2 Å². The van der Waals surface area contributed by atoms with Gasteiger partial charge < -0.3 is 10.4 Å². The summed E-state index contributed by atoms with van der Waals surface area (Å²) in [5, 5.41) is 18.3. The smallest absolute Gasteiger partial charge is 0.306 e. The molecule has 1 amide bonds. The first-order chi connectivity index (χ1) is 15.4. The van der Waals surface area contributed by atoms with Gasteiger partial charge in [-0.2, -0.15) is 5.10 Å². The number of aliphatic carboxylic acids is 1. The summed E-state index contributed by atoms with van der Waals surface area (Å²) in [7, 11) is 0. The Balaban J connectivity index is 1.55. The van der Waals surface area contributed by atoms with E-state index in [-0.39, 0.29) is 17.9 Å². The molecule has 0 unspecified atom stereocenters. The number of hydrogen-bond donors (Lipinski definition) is 2. The van der Waals surface area contributed by atoms with Gasteiger partial charge in [-0.1, -0.05) is 36.6 Å². The van der Waals surface area contributed by atoms with Gasteiger partial charge in [-0.25, -0.2) is 0 Å². The monoisotopic (exact) mass is 565 g/mol. The van der Waals surface area contributed by atoms with Crippen LogP contribution in [0.15, 0.2) is 42.6 Å². The van der Waals surface area contributed by atoms with Crippen molar-refractivity contribution in [1.82, 2.24) is 15.1 Å². The van der Waals surface area contributed by atoms with Crippen LogP contribution >= 0.6 is 34.2 Å². The van der Waals surface area contributed by atoms with Gasteiger partial charge in [0.15, 0.2) is 0 Å². The second-order valence-electron chi connectivity index (χ2n) is 8.35. The number of carbonyl (C=O) groups is 2. The summed E-state index contributed by atoms with van der Waals surface area (Å²) < 4.78 is 2.99. The van der Waals surface area contributed by atoms with Gasteiger partial charge in [0.1, 0.15) is 0 Å². The van der Waals surface area contributed by atoms with Gasteiger partial charge in [-0.3, -0.25) is 14.3 Å². The Labute approximate surface area is 205 Å². The fourth-order valence-electron chi connectivity index (χ4n) is 4.40. The molecule has 1 heterocycles. The number of carboxylic acids is 1. The molecule has 0 atom stereocenters. The number of aromatic nitrogens is 2. The minimum absolute atomic E-state index is 0.0375. The third-order valence-corrected chi connectivity index (χ3v) is 7.18. The molecule has 3 aromatic rings. The van der Waals surface area contributed by atoms with Gasteiger partial charge in [0, 0.05) is 15.0 Å². The summed E-state index contributed by atoms with van der Waals surface area (Å²) in [6.45, 7) is 0.543. The molecular formula is C24H25ClIN3O3. The molecule has 6 nitrogen and oxygen atoms in total. The molecule has 168 valence electrons. The highest BCUT2D eigenvalue weighted by Crippen LogP contribution is 2.28. The van der Waals surface area contributed by atoms with Crippen LogP contribution in [0.4, 0.5) is 0 Å². The van der Waals surface area contributed by atoms with Gasteiger partial charge in [-0.15, -0.1) is 0 Å². The van der Waals surface area contributed by atoms with E-state index in [0.717, 1.165) is 45.7 Å². The van der Waals surface area contributed by atoms with Gasteiger partial charge in [-0.05, 0) is 78.1 Å². The van der Waals surface area contributed by atoms with Gasteiger partial charge >= 0.3 is 5.97 Å². The third-order valence-electron chi connectivity index (χ3n) is 6.13. The first-order valence-corrected chi connectivity index (χ1v) is 12.3. The average molecular weight is 566 g/mol. The largest absolute Gasteiger partial charge is 0.481 e. The molecule has 4 rings (SSSR count). The number of nitrogens with one attached hydrogen (secondary N) is 1. The Bertz CT molecular complexity index is 1120. The third kappa shape index (κ3) is 5.26. The van der Waals surface area contributed by atoms with Crippen molar-refractivity contribution in [2.75, 3.05) is 0 Å². The summed E-state index contributed by atoms with van der Waals surface area (Å²) in [4.78, 5) is 24.5. The van der Waals surface area contributed by atoms with Crippen LogP contribution in [0.3, 0.4) is 0 Å². The Morgan fingerprint density at radius 1 is 1.09 bits per heavy atom.